The molecule has 1 aromatic carbocycles. The fourth-order valence-electron chi connectivity index (χ4n) is 4.01. The highest BCUT2D eigenvalue weighted by Gasteiger charge is 2.28. The minimum absolute atomic E-state index is 0.252. The van der Waals surface area contributed by atoms with Crippen molar-refractivity contribution in [1.82, 2.24) is 0 Å². The van der Waals surface area contributed by atoms with Gasteiger partial charge in [-0.2, -0.15) is 0 Å². The van der Waals surface area contributed by atoms with Gasteiger partial charge in [0.25, 0.3) is 0 Å². The van der Waals surface area contributed by atoms with Gasteiger partial charge in [-0.1, -0.05) is 82.7 Å². The zero-order valence-electron chi connectivity index (χ0n) is 16.4. The lowest BCUT2D eigenvalue weighted by Crippen LogP contribution is -2.09. The van der Waals surface area contributed by atoms with Gasteiger partial charge in [-0.25, -0.2) is 0 Å². The van der Waals surface area contributed by atoms with E-state index in [1.165, 1.54) is 61.6 Å². The van der Waals surface area contributed by atoms with E-state index in [0.29, 0.717) is 0 Å². The van der Waals surface area contributed by atoms with Gasteiger partial charge >= 0.3 is 0 Å². The van der Waals surface area contributed by atoms with Gasteiger partial charge < -0.3 is 0 Å². The number of Topliss-reactive ketones (excluding diaryl/α,β-unsaturated/α-hetero) is 1. The monoisotopic (exact) mass is 348 g/mol. The lowest BCUT2D eigenvalue weighted by molar-refractivity contribution is -0.112. The van der Waals surface area contributed by atoms with E-state index < -0.39 is 0 Å². The van der Waals surface area contributed by atoms with Gasteiger partial charge in [-0.3, -0.25) is 4.79 Å². The molecule has 0 saturated heterocycles. The molecule has 0 saturated carbocycles. The predicted molar refractivity (Wildman–Crippen MR) is 112 cm³/mol. The van der Waals surface area contributed by atoms with Gasteiger partial charge in [0.1, 0.15) is 0 Å². The lowest BCUT2D eigenvalue weighted by Gasteiger charge is -2.14. The van der Waals surface area contributed by atoms with Crippen molar-refractivity contribution in [3.63, 3.8) is 0 Å². The highest BCUT2D eigenvalue weighted by molar-refractivity contribution is 6.25. The van der Waals surface area contributed by atoms with Crippen LogP contribution in [0.1, 0.15) is 88.3 Å². The van der Waals surface area contributed by atoms with E-state index in [4.69, 9.17) is 0 Å². The fraction of sp³-hybridized carbons (Fsp3) is 0.480. The Kier molecular flexibility index (Phi) is 6.66. The third-order valence-corrected chi connectivity index (χ3v) is 5.60. The third kappa shape index (κ3) is 4.26. The Bertz CT molecular complexity index is 745. The Morgan fingerprint density at radius 1 is 0.769 bits per heavy atom. The van der Waals surface area contributed by atoms with Crippen LogP contribution in [0.15, 0.2) is 41.5 Å². The summed E-state index contributed by atoms with van der Waals surface area (Å²) in [4.78, 5) is 12.9. The number of allylic oxidation sites excluding steroid dienone is 5. The summed E-state index contributed by atoms with van der Waals surface area (Å²) in [6, 6.07) is 6.74. The fourth-order valence-corrected chi connectivity index (χ4v) is 4.01. The summed E-state index contributed by atoms with van der Waals surface area (Å²) >= 11 is 0. The van der Waals surface area contributed by atoms with Crippen molar-refractivity contribution in [1.29, 1.82) is 0 Å². The number of ketones is 1. The second-order valence-corrected chi connectivity index (χ2v) is 7.70. The van der Waals surface area contributed by atoms with Crippen molar-refractivity contribution in [2.45, 2.75) is 78.1 Å². The minimum atomic E-state index is 0.252. The van der Waals surface area contributed by atoms with Gasteiger partial charge in [-0.15, -0.1) is 0 Å². The van der Waals surface area contributed by atoms with Gasteiger partial charge in [0.15, 0.2) is 5.78 Å². The van der Waals surface area contributed by atoms with Crippen molar-refractivity contribution in [2.24, 2.45) is 0 Å². The molecule has 0 radical (unpaired) electrons. The molecule has 138 valence electrons. The molecule has 3 rings (SSSR count). The molecule has 1 heteroatoms. The molecule has 0 bridgehead atoms. The van der Waals surface area contributed by atoms with E-state index in [1.807, 2.05) is 0 Å². The van der Waals surface area contributed by atoms with Crippen LogP contribution in [-0.2, 0) is 11.2 Å². The minimum Gasteiger partial charge on any atom is -0.289 e. The summed E-state index contributed by atoms with van der Waals surface area (Å²) in [5.74, 6) is 0.252. The van der Waals surface area contributed by atoms with E-state index >= 15 is 0 Å². The van der Waals surface area contributed by atoms with Crippen LogP contribution in [0.4, 0.5) is 0 Å². The quantitative estimate of drug-likeness (QED) is 0.413. The number of hydrogen-bond acceptors (Lipinski definition) is 1. The maximum absolute atomic E-state index is 12.9. The van der Waals surface area contributed by atoms with Crippen molar-refractivity contribution < 1.29 is 4.79 Å². The van der Waals surface area contributed by atoms with Gasteiger partial charge in [-0.05, 0) is 54.0 Å². The van der Waals surface area contributed by atoms with Crippen LogP contribution in [0.2, 0.25) is 0 Å². The van der Waals surface area contributed by atoms with Crippen LogP contribution < -0.4 is 0 Å². The Morgan fingerprint density at radius 2 is 1.50 bits per heavy atom. The van der Waals surface area contributed by atoms with Crippen LogP contribution in [-0.4, -0.2) is 5.78 Å². The summed E-state index contributed by atoms with van der Waals surface area (Å²) in [6.45, 7) is 4.48. The highest BCUT2D eigenvalue weighted by Crippen LogP contribution is 2.40. The Morgan fingerprint density at radius 3 is 2.31 bits per heavy atom. The van der Waals surface area contributed by atoms with E-state index in [2.05, 4.69) is 50.3 Å². The first-order chi connectivity index (χ1) is 12.7. The van der Waals surface area contributed by atoms with Crippen LogP contribution in [0, 0.1) is 0 Å². The molecule has 0 unspecified atom stereocenters. The number of carbonyl (C=O) groups is 1. The average molecular weight is 349 g/mol. The summed E-state index contributed by atoms with van der Waals surface area (Å²) in [5, 5.41) is 0. The molecule has 0 aromatic heterocycles. The maximum Gasteiger partial charge on any atom is 0.189 e. The Balaban J connectivity index is 1.67. The lowest BCUT2D eigenvalue weighted by atomic mass is 9.88. The molecule has 26 heavy (non-hydrogen) atoms. The van der Waals surface area contributed by atoms with Gasteiger partial charge in [0.2, 0.25) is 0 Å². The molecule has 1 aromatic rings. The van der Waals surface area contributed by atoms with Gasteiger partial charge in [0, 0.05) is 11.1 Å². The largest absolute Gasteiger partial charge is 0.289 e. The number of carbonyl (C=O) groups excluding carboxylic acids is 1. The normalized spacial score (nSPS) is 15.3. The molecular formula is C25H32O. The number of hydrogen-bond donors (Lipinski definition) is 0. The first-order valence-corrected chi connectivity index (χ1v) is 10.6. The first kappa shape index (κ1) is 18.9. The standard InChI is InChI=1S/C25H32O/c1-3-5-7-8-10-12-20-14-16-23-22-15-13-19(11-9-6-4-2)17-21(22)18-24(23)25(20)26/h13-18H,3-12H2,1-2H3. The van der Waals surface area contributed by atoms with Crippen LogP contribution in [0.5, 0.6) is 0 Å². The van der Waals surface area contributed by atoms with Crippen molar-refractivity contribution in [3.05, 3.63) is 58.2 Å². The second-order valence-electron chi connectivity index (χ2n) is 7.70. The molecule has 0 spiro atoms. The molecule has 2 aliphatic rings. The summed E-state index contributed by atoms with van der Waals surface area (Å²) in [6.07, 6.45) is 18.4. The predicted octanol–water partition coefficient (Wildman–Crippen LogP) is 7.07. The molecule has 0 fully saturated rings. The van der Waals surface area contributed by atoms with Crippen LogP contribution >= 0.6 is 0 Å². The molecule has 1 nitrogen and oxygen atoms in total. The van der Waals surface area contributed by atoms with Gasteiger partial charge in [0.05, 0.1) is 0 Å². The average Bonchev–Trinajstić information content (AvgIpc) is 3.02. The van der Waals surface area contributed by atoms with Crippen molar-refractivity contribution in [2.75, 3.05) is 0 Å². The summed E-state index contributed by atoms with van der Waals surface area (Å²) in [5.41, 5.74) is 6.88. The Labute approximate surface area is 158 Å². The molecular weight excluding hydrogens is 316 g/mol. The topological polar surface area (TPSA) is 17.1 Å². The zero-order valence-corrected chi connectivity index (χ0v) is 16.4. The number of unbranched alkanes of at least 4 members (excludes halogenated alkanes) is 6. The summed E-state index contributed by atoms with van der Waals surface area (Å²) in [7, 11) is 0. The van der Waals surface area contributed by atoms with E-state index in [-0.39, 0.29) is 5.78 Å². The van der Waals surface area contributed by atoms with E-state index in [1.54, 1.807) is 0 Å². The highest BCUT2D eigenvalue weighted by atomic mass is 16.1. The molecule has 2 aliphatic carbocycles. The molecule has 0 atom stereocenters. The first-order valence-electron chi connectivity index (χ1n) is 10.6. The van der Waals surface area contributed by atoms with E-state index in [9.17, 15) is 4.79 Å². The molecule has 0 amide bonds. The smallest absolute Gasteiger partial charge is 0.189 e. The molecule has 0 aliphatic heterocycles. The summed E-state index contributed by atoms with van der Waals surface area (Å²) < 4.78 is 0. The van der Waals surface area contributed by atoms with Crippen LogP contribution in [0.25, 0.3) is 11.6 Å². The number of fused-ring (bicyclic) bond motifs is 3. The van der Waals surface area contributed by atoms with E-state index in [0.717, 1.165) is 36.0 Å². The van der Waals surface area contributed by atoms with Crippen molar-refractivity contribution >= 4 is 17.4 Å². The number of benzene rings is 1. The molecule has 0 N–H and O–H groups in total. The Hall–Kier alpha value is -1.89. The van der Waals surface area contributed by atoms with Crippen LogP contribution in [0.3, 0.4) is 0 Å². The zero-order chi connectivity index (χ0) is 18.4. The second kappa shape index (κ2) is 9.16. The molecule has 0 heterocycles. The number of aryl methyl sites for hydroxylation is 1. The SMILES string of the molecule is CCCCCCCC1=CC=C2C(=Cc3cc(CCCCC)ccc32)C1=O. The number of rotatable bonds is 10. The maximum atomic E-state index is 12.9. The van der Waals surface area contributed by atoms with Crippen molar-refractivity contribution in [3.8, 4) is 0 Å². The third-order valence-electron chi connectivity index (χ3n) is 5.60.